The molecule has 1 atom stereocenters. The molecule has 1 aromatic rings. The predicted molar refractivity (Wildman–Crippen MR) is 86.6 cm³/mol. The summed E-state index contributed by atoms with van der Waals surface area (Å²) in [5.74, 6) is 1.01. The highest BCUT2D eigenvalue weighted by molar-refractivity contribution is 9.10. The van der Waals surface area contributed by atoms with Crippen LogP contribution >= 0.6 is 27.5 Å². The zero-order valence-electron chi connectivity index (χ0n) is 12.1. The van der Waals surface area contributed by atoms with E-state index in [1.54, 1.807) is 0 Å². The van der Waals surface area contributed by atoms with Gasteiger partial charge in [-0.25, -0.2) is 4.39 Å². The Bertz CT molecular complexity index is 458. The van der Waals surface area contributed by atoms with Gasteiger partial charge in [-0.1, -0.05) is 44.4 Å². The van der Waals surface area contributed by atoms with Gasteiger partial charge in [-0.2, -0.15) is 0 Å². The molecule has 112 valence electrons. The Kier molecular flexibility index (Phi) is 5.88. The second-order valence-electron chi connectivity index (χ2n) is 5.82. The summed E-state index contributed by atoms with van der Waals surface area (Å²) in [5, 5.41) is 3.65. The molecule has 1 nitrogen and oxygen atoms in total. The van der Waals surface area contributed by atoms with Crippen LogP contribution < -0.4 is 5.32 Å². The Morgan fingerprint density at radius 2 is 2.00 bits per heavy atom. The molecule has 0 radical (unpaired) electrons. The Morgan fingerprint density at radius 3 is 2.60 bits per heavy atom. The molecule has 0 saturated heterocycles. The van der Waals surface area contributed by atoms with E-state index >= 15 is 0 Å². The molecule has 1 aromatic carbocycles. The topological polar surface area (TPSA) is 12.0 Å². The smallest absolute Gasteiger partial charge is 0.147 e. The van der Waals surface area contributed by atoms with Crippen LogP contribution in [0.1, 0.15) is 51.1 Å². The minimum atomic E-state index is -0.286. The standard InChI is InChI=1S/C16H22BrClFN/c1-3-20-16(11-6-4-10(2)5-7-11)12-8-9-13(17)14(18)15(12)19/h8-11,16,20H,3-7H2,1-2H3. The van der Waals surface area contributed by atoms with E-state index in [1.165, 1.54) is 12.8 Å². The van der Waals surface area contributed by atoms with E-state index in [2.05, 4.69) is 35.1 Å². The first-order valence-corrected chi connectivity index (χ1v) is 8.58. The van der Waals surface area contributed by atoms with Crippen LogP contribution in [0.25, 0.3) is 0 Å². The molecule has 0 aromatic heterocycles. The van der Waals surface area contributed by atoms with Gasteiger partial charge in [-0.05, 0) is 53.2 Å². The van der Waals surface area contributed by atoms with Crippen molar-refractivity contribution in [3.05, 3.63) is 33.0 Å². The van der Waals surface area contributed by atoms with E-state index in [9.17, 15) is 4.39 Å². The summed E-state index contributed by atoms with van der Waals surface area (Å²) >= 11 is 9.32. The minimum Gasteiger partial charge on any atom is -0.310 e. The lowest BCUT2D eigenvalue weighted by Crippen LogP contribution is -2.31. The molecule has 1 unspecified atom stereocenters. The van der Waals surface area contributed by atoms with Crippen molar-refractivity contribution < 1.29 is 4.39 Å². The third-order valence-electron chi connectivity index (χ3n) is 4.36. The van der Waals surface area contributed by atoms with Gasteiger partial charge in [0.1, 0.15) is 5.82 Å². The molecular formula is C16H22BrClFN. The van der Waals surface area contributed by atoms with Crippen LogP contribution in [0.3, 0.4) is 0 Å². The molecule has 1 N–H and O–H groups in total. The van der Waals surface area contributed by atoms with Gasteiger partial charge in [0.25, 0.3) is 0 Å². The summed E-state index contributed by atoms with van der Waals surface area (Å²) in [5.41, 5.74) is 0.708. The van der Waals surface area contributed by atoms with E-state index in [0.717, 1.165) is 25.3 Å². The number of hydrogen-bond donors (Lipinski definition) is 1. The zero-order chi connectivity index (χ0) is 14.7. The average Bonchev–Trinajstić information content (AvgIpc) is 2.44. The fourth-order valence-corrected chi connectivity index (χ4v) is 3.63. The van der Waals surface area contributed by atoms with E-state index in [1.807, 2.05) is 12.1 Å². The van der Waals surface area contributed by atoms with Crippen LogP contribution in [0.5, 0.6) is 0 Å². The van der Waals surface area contributed by atoms with Crippen LogP contribution in [0.2, 0.25) is 5.02 Å². The third-order valence-corrected chi connectivity index (χ3v) is 5.61. The van der Waals surface area contributed by atoms with E-state index < -0.39 is 0 Å². The van der Waals surface area contributed by atoms with Crippen molar-refractivity contribution in [2.75, 3.05) is 6.54 Å². The van der Waals surface area contributed by atoms with Crippen LogP contribution in [-0.2, 0) is 0 Å². The van der Waals surface area contributed by atoms with Crippen molar-refractivity contribution in [1.82, 2.24) is 5.32 Å². The van der Waals surface area contributed by atoms with Crippen LogP contribution in [-0.4, -0.2) is 6.54 Å². The van der Waals surface area contributed by atoms with Gasteiger partial charge in [-0.3, -0.25) is 0 Å². The first-order valence-electron chi connectivity index (χ1n) is 7.41. The quantitative estimate of drug-likeness (QED) is 0.676. The highest BCUT2D eigenvalue weighted by Gasteiger charge is 2.29. The second kappa shape index (κ2) is 7.24. The maximum Gasteiger partial charge on any atom is 0.147 e. The molecule has 0 aliphatic heterocycles. The fourth-order valence-electron chi connectivity index (χ4n) is 3.15. The molecule has 0 bridgehead atoms. The van der Waals surface area contributed by atoms with Crippen LogP contribution in [0.15, 0.2) is 16.6 Å². The Balaban J connectivity index is 2.26. The van der Waals surface area contributed by atoms with Crippen molar-refractivity contribution in [1.29, 1.82) is 0 Å². The van der Waals surface area contributed by atoms with E-state index in [-0.39, 0.29) is 16.9 Å². The fraction of sp³-hybridized carbons (Fsp3) is 0.625. The minimum absolute atomic E-state index is 0.0677. The molecule has 2 rings (SSSR count). The highest BCUT2D eigenvalue weighted by atomic mass is 79.9. The van der Waals surface area contributed by atoms with E-state index in [0.29, 0.717) is 16.0 Å². The molecule has 0 spiro atoms. The predicted octanol–water partition coefficient (Wildman–Crippen LogP) is 5.72. The second-order valence-corrected chi connectivity index (χ2v) is 7.05. The summed E-state index contributed by atoms with van der Waals surface area (Å²) in [6, 6.07) is 3.77. The Hall–Kier alpha value is -0.120. The SMILES string of the molecule is CCNC(c1ccc(Br)c(Cl)c1F)C1CCC(C)CC1. The summed E-state index contributed by atoms with van der Waals surface area (Å²) in [6.45, 7) is 5.20. The van der Waals surface area contributed by atoms with Crippen molar-refractivity contribution in [3.63, 3.8) is 0 Å². The first-order chi connectivity index (χ1) is 9.54. The third kappa shape index (κ3) is 3.55. The molecule has 1 aliphatic carbocycles. The lowest BCUT2D eigenvalue weighted by molar-refractivity contribution is 0.230. The normalized spacial score (nSPS) is 24.6. The molecule has 0 heterocycles. The number of hydrogen-bond acceptors (Lipinski definition) is 1. The number of benzene rings is 1. The lowest BCUT2D eigenvalue weighted by atomic mass is 9.77. The monoisotopic (exact) mass is 361 g/mol. The van der Waals surface area contributed by atoms with Gasteiger partial charge >= 0.3 is 0 Å². The van der Waals surface area contributed by atoms with Gasteiger partial charge < -0.3 is 5.32 Å². The lowest BCUT2D eigenvalue weighted by Gasteiger charge is -2.34. The van der Waals surface area contributed by atoms with Crippen LogP contribution in [0.4, 0.5) is 4.39 Å². The largest absolute Gasteiger partial charge is 0.310 e. The van der Waals surface area contributed by atoms with E-state index in [4.69, 9.17) is 11.6 Å². The summed E-state index contributed by atoms with van der Waals surface area (Å²) < 4.78 is 15.1. The maximum absolute atomic E-state index is 14.5. The maximum atomic E-state index is 14.5. The van der Waals surface area contributed by atoms with Gasteiger partial charge in [0.05, 0.1) is 5.02 Å². The van der Waals surface area contributed by atoms with Gasteiger partial charge in [-0.15, -0.1) is 0 Å². The molecule has 1 fully saturated rings. The Labute approximate surface area is 134 Å². The number of halogens is 3. The van der Waals surface area contributed by atoms with Gasteiger partial charge in [0.2, 0.25) is 0 Å². The van der Waals surface area contributed by atoms with Gasteiger partial charge in [0, 0.05) is 16.1 Å². The van der Waals surface area contributed by atoms with Crippen molar-refractivity contribution in [3.8, 4) is 0 Å². The van der Waals surface area contributed by atoms with Crippen molar-refractivity contribution >= 4 is 27.5 Å². The number of rotatable bonds is 4. The summed E-state index contributed by atoms with van der Waals surface area (Å²) in [4.78, 5) is 0. The van der Waals surface area contributed by atoms with Gasteiger partial charge in [0.15, 0.2) is 0 Å². The molecule has 4 heteroatoms. The summed E-state index contributed by atoms with van der Waals surface area (Å²) in [7, 11) is 0. The zero-order valence-corrected chi connectivity index (χ0v) is 14.4. The van der Waals surface area contributed by atoms with Crippen molar-refractivity contribution in [2.24, 2.45) is 11.8 Å². The van der Waals surface area contributed by atoms with Crippen LogP contribution in [0, 0.1) is 17.7 Å². The molecule has 0 amide bonds. The first kappa shape index (κ1) is 16.3. The number of nitrogens with one attached hydrogen (secondary N) is 1. The summed E-state index contributed by atoms with van der Waals surface area (Å²) in [6.07, 6.45) is 4.79. The molecule has 20 heavy (non-hydrogen) atoms. The molecular weight excluding hydrogens is 341 g/mol. The average molecular weight is 363 g/mol. The molecule has 1 aliphatic rings. The molecule has 1 saturated carbocycles. The Morgan fingerprint density at radius 1 is 1.35 bits per heavy atom. The van der Waals surface area contributed by atoms with Crippen molar-refractivity contribution in [2.45, 2.75) is 45.6 Å². The highest BCUT2D eigenvalue weighted by Crippen LogP contribution is 2.39.